The summed E-state index contributed by atoms with van der Waals surface area (Å²) < 4.78 is 4.99. The van der Waals surface area contributed by atoms with Crippen molar-refractivity contribution in [2.24, 2.45) is 4.99 Å². The van der Waals surface area contributed by atoms with Crippen molar-refractivity contribution in [3.8, 4) is 6.07 Å². The lowest BCUT2D eigenvalue weighted by Crippen LogP contribution is -2.15. The van der Waals surface area contributed by atoms with Crippen LogP contribution >= 0.6 is 0 Å². The third-order valence-electron chi connectivity index (χ3n) is 11.1. The molecular weight excluding hydrogens is 609 g/mol. The topological polar surface area (TPSA) is 45.5 Å². The molecule has 0 saturated heterocycles. The summed E-state index contributed by atoms with van der Waals surface area (Å²) in [6.45, 7) is 0. The first-order chi connectivity index (χ1) is 24.8. The zero-order chi connectivity index (χ0) is 32.9. The van der Waals surface area contributed by atoms with Crippen molar-refractivity contribution in [2.75, 3.05) is 0 Å². The molecule has 0 spiro atoms. The van der Waals surface area contributed by atoms with Gasteiger partial charge in [0.1, 0.15) is 5.84 Å². The van der Waals surface area contributed by atoms with Gasteiger partial charge in [-0.05, 0) is 77.2 Å². The third kappa shape index (κ3) is 3.67. The number of hydrogen-bond donors (Lipinski definition) is 0. The van der Waals surface area contributed by atoms with E-state index in [1.807, 2.05) is 12.1 Å². The van der Waals surface area contributed by atoms with Gasteiger partial charge in [0.15, 0.2) is 0 Å². The molecule has 0 aliphatic carbocycles. The van der Waals surface area contributed by atoms with E-state index in [0.29, 0.717) is 5.56 Å². The van der Waals surface area contributed by atoms with Gasteiger partial charge in [0.2, 0.25) is 0 Å². The molecule has 0 N–H and O–H groups in total. The molecule has 0 bridgehead atoms. The van der Waals surface area contributed by atoms with E-state index in [0.717, 1.165) is 30.8 Å². The van der Waals surface area contributed by atoms with Gasteiger partial charge in [-0.3, -0.25) is 4.57 Å². The molecule has 4 heteroatoms. The molecule has 1 atom stereocenters. The third-order valence-corrected chi connectivity index (χ3v) is 11.1. The number of hydrogen-bond acceptors (Lipinski definition) is 2. The second kappa shape index (κ2) is 10.3. The van der Waals surface area contributed by atoms with E-state index in [4.69, 9.17) is 4.99 Å². The van der Waals surface area contributed by atoms with Crippen molar-refractivity contribution < 1.29 is 0 Å². The van der Waals surface area contributed by atoms with E-state index < -0.39 is 0 Å². The van der Waals surface area contributed by atoms with Crippen LogP contribution in [0.3, 0.4) is 0 Å². The Morgan fingerprint density at radius 1 is 0.600 bits per heavy atom. The molecule has 1 unspecified atom stereocenters. The lowest BCUT2D eigenvalue weighted by atomic mass is 9.85. The van der Waals surface area contributed by atoms with Crippen LogP contribution in [-0.2, 0) is 0 Å². The molecule has 4 heterocycles. The molecule has 11 rings (SSSR count). The van der Waals surface area contributed by atoms with E-state index >= 15 is 0 Å². The normalized spacial score (nSPS) is 16.3. The molecule has 0 fully saturated rings. The first kappa shape index (κ1) is 27.5. The van der Waals surface area contributed by atoms with E-state index in [2.05, 4.69) is 142 Å². The van der Waals surface area contributed by atoms with Gasteiger partial charge < -0.3 is 4.40 Å². The SMILES string of the molecule is N#Cc1ccc(C2CCC/C(n3c4ccc5ccccc5c4c4cc5c6ccccc6n6c7ccccc7c(c43)c56)=N\c3ccccc32)cc1. The quantitative estimate of drug-likeness (QED) is 0.176. The highest BCUT2D eigenvalue weighted by Crippen LogP contribution is 2.47. The number of nitriles is 1. The predicted molar refractivity (Wildman–Crippen MR) is 207 cm³/mol. The molecule has 3 aromatic heterocycles. The molecule has 0 radical (unpaired) electrons. The van der Waals surface area contributed by atoms with Crippen molar-refractivity contribution in [3.63, 3.8) is 0 Å². The number of nitrogens with zero attached hydrogens (tertiary/aromatic N) is 4. The maximum absolute atomic E-state index is 9.43. The lowest BCUT2D eigenvalue weighted by Gasteiger charge is -2.24. The maximum Gasteiger partial charge on any atom is 0.114 e. The highest BCUT2D eigenvalue weighted by Gasteiger charge is 2.27. The summed E-state index contributed by atoms with van der Waals surface area (Å²) in [6, 6.07) is 52.6. The minimum Gasteiger partial charge on any atom is -0.308 e. The average molecular weight is 639 g/mol. The molecule has 0 saturated carbocycles. The zero-order valence-electron chi connectivity index (χ0n) is 27.3. The molecule has 1 aliphatic heterocycles. The molecule has 234 valence electrons. The standard InChI is InChI=1S/C46H30N4/c47-27-28-20-22-30(23-21-28)31-15-9-19-42(48-38-16-6-3-12-33(31)38)50-41-25-24-29-10-1-2-11-32(29)43(41)37-26-36-34-13-4-7-17-39(34)49-40-18-8-5-14-35(40)44(45(36)49)46(37)50/h1-8,10-14,16-18,20-26,31H,9,15,19H2/b48-42+. The maximum atomic E-state index is 9.43. The van der Waals surface area contributed by atoms with Gasteiger partial charge in [-0.15, -0.1) is 0 Å². The second-order valence-electron chi connectivity index (χ2n) is 13.7. The van der Waals surface area contributed by atoms with Gasteiger partial charge in [-0.1, -0.05) is 97.1 Å². The lowest BCUT2D eigenvalue weighted by molar-refractivity contribution is 0.669. The van der Waals surface area contributed by atoms with Crippen LogP contribution in [0.5, 0.6) is 0 Å². The van der Waals surface area contributed by atoms with Gasteiger partial charge >= 0.3 is 0 Å². The Kier molecular flexibility index (Phi) is 5.66. The number of aromatic nitrogens is 2. The van der Waals surface area contributed by atoms with E-state index in [1.165, 1.54) is 81.8 Å². The number of benzene rings is 7. The van der Waals surface area contributed by atoms with Gasteiger partial charge in [-0.25, -0.2) is 4.99 Å². The van der Waals surface area contributed by atoms with Gasteiger partial charge in [0.25, 0.3) is 0 Å². The molecule has 0 amide bonds. The second-order valence-corrected chi connectivity index (χ2v) is 13.7. The van der Waals surface area contributed by atoms with Crippen LogP contribution in [-0.4, -0.2) is 14.8 Å². The smallest absolute Gasteiger partial charge is 0.114 e. The van der Waals surface area contributed by atoms with Gasteiger partial charge in [-0.2, -0.15) is 5.26 Å². The Balaban J connectivity index is 1.29. The molecule has 1 aliphatic rings. The number of rotatable bonds is 1. The average Bonchev–Trinajstić information content (AvgIpc) is 3.80. The fraction of sp³-hybridized carbons (Fsp3) is 0.0870. The highest BCUT2D eigenvalue weighted by atomic mass is 15.1. The molecule has 10 aromatic rings. The number of fused-ring (bicyclic) bond motifs is 13. The van der Waals surface area contributed by atoms with Gasteiger partial charge in [0.05, 0.1) is 44.9 Å². The summed E-state index contributed by atoms with van der Waals surface area (Å²) in [5.74, 6) is 1.29. The Morgan fingerprint density at radius 2 is 1.32 bits per heavy atom. The Labute approximate surface area is 288 Å². The summed E-state index contributed by atoms with van der Waals surface area (Å²) >= 11 is 0. The largest absolute Gasteiger partial charge is 0.308 e. The van der Waals surface area contributed by atoms with Crippen molar-refractivity contribution >= 4 is 82.2 Å². The summed E-state index contributed by atoms with van der Waals surface area (Å²) in [4.78, 5) is 5.62. The molecule has 4 nitrogen and oxygen atoms in total. The van der Waals surface area contributed by atoms with Crippen LogP contribution in [0.4, 0.5) is 5.69 Å². The molecule has 50 heavy (non-hydrogen) atoms. The summed E-state index contributed by atoms with van der Waals surface area (Å²) in [7, 11) is 0. The van der Waals surface area contributed by atoms with Crippen LogP contribution in [0, 0.1) is 11.3 Å². The first-order valence-corrected chi connectivity index (χ1v) is 17.5. The first-order valence-electron chi connectivity index (χ1n) is 17.5. The van der Waals surface area contributed by atoms with Gasteiger partial charge in [0, 0.05) is 44.7 Å². The van der Waals surface area contributed by atoms with E-state index in [9.17, 15) is 5.26 Å². The summed E-state index contributed by atoms with van der Waals surface area (Å²) in [5.41, 5.74) is 10.4. The summed E-state index contributed by atoms with van der Waals surface area (Å²) in [5, 5.41) is 19.6. The molecule has 7 aromatic carbocycles. The zero-order valence-corrected chi connectivity index (χ0v) is 27.3. The van der Waals surface area contributed by atoms with Crippen molar-refractivity contribution in [3.05, 3.63) is 156 Å². The van der Waals surface area contributed by atoms with Crippen molar-refractivity contribution in [1.82, 2.24) is 8.97 Å². The minimum absolute atomic E-state index is 0.214. The van der Waals surface area contributed by atoms with E-state index in [1.54, 1.807) is 0 Å². The van der Waals surface area contributed by atoms with Crippen LogP contribution in [0.2, 0.25) is 0 Å². The van der Waals surface area contributed by atoms with Crippen molar-refractivity contribution in [2.45, 2.75) is 25.2 Å². The fourth-order valence-electron chi connectivity index (χ4n) is 9.04. The predicted octanol–water partition coefficient (Wildman–Crippen LogP) is 11.9. The molecular formula is C46H30N4. The summed E-state index contributed by atoms with van der Waals surface area (Å²) in [6.07, 6.45) is 2.83. The van der Waals surface area contributed by atoms with Crippen LogP contribution in [0.15, 0.2) is 145 Å². The Hall–Kier alpha value is -6.44. The van der Waals surface area contributed by atoms with Crippen LogP contribution < -0.4 is 0 Å². The minimum atomic E-state index is 0.214. The Bertz CT molecular complexity index is 3080. The fourth-order valence-corrected chi connectivity index (χ4v) is 9.04. The Morgan fingerprint density at radius 3 is 2.16 bits per heavy atom. The number of para-hydroxylation sites is 3. The highest BCUT2D eigenvalue weighted by molar-refractivity contribution is 6.37. The number of aliphatic imine (C=N–C) groups is 1. The monoisotopic (exact) mass is 638 g/mol. The van der Waals surface area contributed by atoms with Crippen molar-refractivity contribution in [1.29, 1.82) is 5.26 Å². The van der Waals surface area contributed by atoms with E-state index in [-0.39, 0.29) is 5.92 Å². The van der Waals surface area contributed by atoms with Crippen LogP contribution in [0.25, 0.3) is 70.7 Å². The van der Waals surface area contributed by atoms with Crippen LogP contribution in [0.1, 0.15) is 41.9 Å².